The predicted molar refractivity (Wildman–Crippen MR) is 101 cm³/mol. The van der Waals surface area contributed by atoms with Crippen molar-refractivity contribution in [3.05, 3.63) is 48.2 Å². The molecule has 0 radical (unpaired) electrons. The molecule has 5 nitrogen and oxygen atoms in total. The molecule has 0 bridgehead atoms. The fraction of sp³-hybridized carbons (Fsp3) is 0.333. The zero-order valence-electron chi connectivity index (χ0n) is 14.7. The lowest BCUT2D eigenvalue weighted by molar-refractivity contribution is -0.367. The minimum absolute atomic E-state index is 0.621. The number of H-pyrrole nitrogens is 1. The first kappa shape index (κ1) is 19.2. The molecule has 0 aliphatic carbocycles. The van der Waals surface area contributed by atoms with Gasteiger partial charge in [-0.25, -0.2) is 4.98 Å². The van der Waals surface area contributed by atoms with Crippen LogP contribution in [0, 0.1) is 0 Å². The van der Waals surface area contributed by atoms with Gasteiger partial charge < -0.3 is 15.0 Å². The molecular weight excluding hydrogens is 377 g/mol. The Morgan fingerprint density at radius 1 is 1.07 bits per heavy atom. The molecule has 1 aliphatic heterocycles. The van der Waals surface area contributed by atoms with Crippen molar-refractivity contribution in [2.75, 3.05) is 43.5 Å². The summed E-state index contributed by atoms with van der Waals surface area (Å²) in [6.45, 7) is 2.67. The standard InChI is InChI=1S/C18H19F3N4OS/c1-26-15-5-3-14(4-6-15)23-17(27)25-10-8-24(9-11-25)16-7-2-13(12-22-16)18(19,20)21/h2-7,12H,8-11H2,1H3,(H,23,27)/p+1. The van der Waals surface area contributed by atoms with Crippen molar-refractivity contribution in [2.24, 2.45) is 0 Å². The number of methoxy groups -OCH3 is 1. The van der Waals surface area contributed by atoms with Crippen LogP contribution in [0.2, 0.25) is 0 Å². The van der Waals surface area contributed by atoms with E-state index in [0.717, 1.165) is 23.7 Å². The third-order valence-corrected chi connectivity index (χ3v) is 4.73. The van der Waals surface area contributed by atoms with E-state index in [1.165, 1.54) is 6.07 Å². The normalized spacial score (nSPS) is 14.8. The summed E-state index contributed by atoms with van der Waals surface area (Å²) in [6.07, 6.45) is -3.34. The second-order valence-corrected chi connectivity index (χ2v) is 6.48. The van der Waals surface area contributed by atoms with E-state index >= 15 is 0 Å². The van der Waals surface area contributed by atoms with Gasteiger partial charge in [-0.15, -0.1) is 0 Å². The van der Waals surface area contributed by atoms with Crippen molar-refractivity contribution in [2.45, 2.75) is 6.18 Å². The van der Waals surface area contributed by atoms with Gasteiger partial charge in [0.15, 0.2) is 5.11 Å². The van der Waals surface area contributed by atoms with Crippen molar-refractivity contribution in [3.8, 4) is 5.75 Å². The van der Waals surface area contributed by atoms with Crippen LogP contribution in [0.1, 0.15) is 5.56 Å². The summed E-state index contributed by atoms with van der Waals surface area (Å²) in [4.78, 5) is 6.78. The highest BCUT2D eigenvalue weighted by Crippen LogP contribution is 2.28. The van der Waals surface area contributed by atoms with E-state index in [4.69, 9.17) is 17.0 Å². The summed E-state index contributed by atoms with van der Waals surface area (Å²) in [5, 5.41) is 3.81. The van der Waals surface area contributed by atoms with Crippen LogP contribution in [0.4, 0.5) is 24.7 Å². The van der Waals surface area contributed by atoms with E-state index in [1.807, 2.05) is 34.1 Å². The smallest absolute Gasteiger partial charge is 0.419 e. The molecule has 2 N–H and O–H groups in total. The summed E-state index contributed by atoms with van der Waals surface area (Å²) in [7, 11) is 1.61. The van der Waals surface area contributed by atoms with E-state index < -0.39 is 11.7 Å². The maximum atomic E-state index is 12.7. The first-order valence-electron chi connectivity index (χ1n) is 8.40. The van der Waals surface area contributed by atoms with Crippen LogP contribution < -0.4 is 19.9 Å². The fourth-order valence-electron chi connectivity index (χ4n) is 2.82. The van der Waals surface area contributed by atoms with E-state index in [2.05, 4.69) is 10.3 Å². The lowest BCUT2D eigenvalue weighted by Gasteiger charge is -2.32. The zero-order chi connectivity index (χ0) is 19.4. The number of halogens is 3. The number of piperazine rings is 1. The van der Waals surface area contributed by atoms with Crippen molar-refractivity contribution in [3.63, 3.8) is 0 Å². The molecule has 0 spiro atoms. The Balaban J connectivity index is 1.54. The van der Waals surface area contributed by atoms with Crippen molar-refractivity contribution < 1.29 is 22.9 Å². The van der Waals surface area contributed by atoms with Crippen LogP contribution in [0.5, 0.6) is 5.75 Å². The number of hydrogen-bond acceptors (Lipinski definition) is 3. The molecule has 2 aromatic rings. The monoisotopic (exact) mass is 397 g/mol. The minimum Gasteiger partial charge on any atom is -0.497 e. The Bertz CT molecular complexity index is 773. The molecule has 1 saturated heterocycles. The number of nitrogens with one attached hydrogen (secondary N) is 2. The number of benzene rings is 1. The molecular formula is C18H20F3N4OS+. The maximum absolute atomic E-state index is 12.7. The number of thiocarbonyl (C=S) groups is 1. The summed E-state index contributed by atoms with van der Waals surface area (Å²) in [5.74, 6) is 1.43. The number of nitrogens with zero attached hydrogens (tertiary/aromatic N) is 2. The Morgan fingerprint density at radius 2 is 1.74 bits per heavy atom. The summed E-state index contributed by atoms with van der Waals surface area (Å²) >= 11 is 5.46. The predicted octanol–water partition coefficient (Wildman–Crippen LogP) is 3.05. The van der Waals surface area contributed by atoms with Crippen molar-refractivity contribution >= 4 is 28.8 Å². The average molecular weight is 397 g/mol. The first-order valence-corrected chi connectivity index (χ1v) is 8.81. The Labute approximate surface area is 160 Å². The number of aromatic nitrogens is 1. The Kier molecular flexibility index (Phi) is 5.69. The minimum atomic E-state index is -4.34. The number of ether oxygens (including phenoxy) is 1. The van der Waals surface area contributed by atoms with Crippen molar-refractivity contribution in [1.29, 1.82) is 0 Å². The number of anilines is 2. The van der Waals surface area contributed by atoms with Crippen LogP contribution in [-0.2, 0) is 6.18 Å². The number of pyridine rings is 1. The van der Waals surface area contributed by atoms with E-state index in [9.17, 15) is 13.2 Å². The molecule has 0 atom stereocenters. The van der Waals surface area contributed by atoms with E-state index in [1.54, 1.807) is 7.11 Å². The third kappa shape index (κ3) is 4.79. The highest BCUT2D eigenvalue weighted by molar-refractivity contribution is 7.80. The molecule has 0 unspecified atom stereocenters. The molecule has 2 heterocycles. The fourth-order valence-corrected chi connectivity index (χ4v) is 3.12. The van der Waals surface area contributed by atoms with Crippen LogP contribution in [-0.4, -0.2) is 43.3 Å². The van der Waals surface area contributed by atoms with Gasteiger partial charge in [0.25, 0.3) is 5.82 Å². The molecule has 27 heavy (non-hydrogen) atoms. The van der Waals surface area contributed by atoms with Crippen molar-refractivity contribution in [1.82, 2.24) is 4.90 Å². The molecule has 144 valence electrons. The number of hydrogen-bond donors (Lipinski definition) is 1. The van der Waals surface area contributed by atoms with E-state index in [0.29, 0.717) is 37.1 Å². The van der Waals surface area contributed by atoms with Gasteiger partial charge in [0.05, 0.1) is 25.8 Å². The Hall–Kier alpha value is -2.55. The van der Waals surface area contributed by atoms with Gasteiger partial charge in [0.2, 0.25) is 0 Å². The SMILES string of the molecule is COc1ccc(NC(=S)N2CCN(c3ccc(C(F)(F)F)c[nH+]3)CC2)cc1. The highest BCUT2D eigenvalue weighted by atomic mass is 32.1. The van der Waals surface area contributed by atoms with Gasteiger partial charge in [-0.2, -0.15) is 13.2 Å². The van der Waals surface area contributed by atoms with Crippen LogP contribution in [0.3, 0.4) is 0 Å². The number of alkyl halides is 3. The van der Waals surface area contributed by atoms with Crippen LogP contribution in [0.15, 0.2) is 42.6 Å². The lowest BCUT2D eigenvalue weighted by Crippen LogP contribution is -2.51. The Morgan fingerprint density at radius 3 is 2.26 bits per heavy atom. The van der Waals surface area contributed by atoms with E-state index in [-0.39, 0.29) is 0 Å². The quantitative estimate of drug-likeness (QED) is 0.807. The molecule has 9 heteroatoms. The van der Waals surface area contributed by atoms with Gasteiger partial charge in [0, 0.05) is 11.8 Å². The topological polar surface area (TPSA) is 41.9 Å². The molecule has 0 amide bonds. The first-order chi connectivity index (χ1) is 12.9. The van der Waals surface area contributed by atoms with Gasteiger partial charge in [-0.05, 0) is 42.5 Å². The molecule has 0 saturated carbocycles. The number of aromatic amines is 1. The van der Waals surface area contributed by atoms with Gasteiger partial charge >= 0.3 is 6.18 Å². The molecule has 1 aromatic carbocycles. The summed E-state index contributed by atoms with van der Waals surface area (Å²) in [5.41, 5.74) is 0.189. The van der Waals surface area contributed by atoms with Gasteiger partial charge in [0.1, 0.15) is 25.0 Å². The largest absolute Gasteiger partial charge is 0.497 e. The van der Waals surface area contributed by atoms with Gasteiger partial charge in [-0.3, -0.25) is 4.90 Å². The molecule has 1 aromatic heterocycles. The van der Waals surface area contributed by atoms with Crippen LogP contribution in [0.25, 0.3) is 0 Å². The third-order valence-electron chi connectivity index (χ3n) is 4.37. The molecule has 1 fully saturated rings. The van der Waals surface area contributed by atoms with Crippen LogP contribution >= 0.6 is 12.2 Å². The summed E-state index contributed by atoms with van der Waals surface area (Å²) in [6, 6.07) is 10.0. The summed E-state index contributed by atoms with van der Waals surface area (Å²) < 4.78 is 43.1. The van der Waals surface area contributed by atoms with Gasteiger partial charge in [-0.1, -0.05) is 0 Å². The highest BCUT2D eigenvalue weighted by Gasteiger charge is 2.32. The molecule has 1 aliphatic rings. The zero-order valence-corrected chi connectivity index (χ0v) is 15.5. The second-order valence-electron chi connectivity index (χ2n) is 6.09. The maximum Gasteiger partial charge on any atom is 0.419 e. The average Bonchev–Trinajstić information content (AvgIpc) is 2.68. The second kappa shape index (κ2) is 7.99. The number of rotatable bonds is 3. The molecule has 3 rings (SSSR count). The lowest BCUT2D eigenvalue weighted by atomic mass is 10.2.